The summed E-state index contributed by atoms with van der Waals surface area (Å²) in [6, 6.07) is 20.7. The van der Waals surface area contributed by atoms with Gasteiger partial charge in [0.15, 0.2) is 11.5 Å². The first-order valence-corrected chi connectivity index (χ1v) is 9.88. The molecule has 1 heterocycles. The third-order valence-corrected chi connectivity index (χ3v) is 5.07. The van der Waals surface area contributed by atoms with Gasteiger partial charge in [-0.3, -0.25) is 14.5 Å². The highest BCUT2D eigenvalue weighted by Gasteiger charge is 2.44. The molecule has 4 rings (SSSR count). The van der Waals surface area contributed by atoms with Crippen LogP contribution in [0.3, 0.4) is 0 Å². The van der Waals surface area contributed by atoms with Gasteiger partial charge in [0, 0.05) is 12.1 Å². The van der Waals surface area contributed by atoms with Gasteiger partial charge in [0.05, 0.1) is 11.6 Å². The van der Waals surface area contributed by atoms with Crippen LogP contribution in [-0.4, -0.2) is 16.8 Å². The first kappa shape index (κ1) is 20.3. The van der Waals surface area contributed by atoms with E-state index in [0.29, 0.717) is 17.1 Å². The Balaban J connectivity index is 1.80. The Hall–Kier alpha value is -3.93. The van der Waals surface area contributed by atoms with Crippen molar-refractivity contribution in [2.75, 3.05) is 4.90 Å². The van der Waals surface area contributed by atoms with Gasteiger partial charge in [0.2, 0.25) is 0 Å². The number of amides is 1. The fraction of sp³-hybridized carbons (Fsp3) is 0.120. The summed E-state index contributed by atoms with van der Waals surface area (Å²) in [5.41, 5.74) is 0.801. The smallest absolute Gasteiger partial charge is 0.294 e. The van der Waals surface area contributed by atoms with Crippen molar-refractivity contribution in [3.63, 3.8) is 0 Å². The Morgan fingerprint density at radius 3 is 2.42 bits per heavy atom. The van der Waals surface area contributed by atoms with Crippen LogP contribution in [0.2, 0.25) is 0 Å². The Kier molecular flexibility index (Phi) is 5.54. The standard InChI is InChI=1S/C25H20FNO4/c1-2-21(28)22-23(27(25(30)24(22)29)18-10-7-9-17(26)15-18)16-8-6-13-20(14-16)31-19-11-4-3-5-12-19/h3-15,23,29H,2H2,1H3. The van der Waals surface area contributed by atoms with E-state index in [2.05, 4.69) is 0 Å². The number of halogens is 1. The van der Waals surface area contributed by atoms with E-state index in [1.807, 2.05) is 30.3 Å². The van der Waals surface area contributed by atoms with Gasteiger partial charge in [0.25, 0.3) is 5.91 Å². The number of nitrogens with zero attached hydrogens (tertiary/aromatic N) is 1. The van der Waals surface area contributed by atoms with Crippen molar-refractivity contribution in [1.29, 1.82) is 0 Å². The van der Waals surface area contributed by atoms with E-state index in [4.69, 9.17) is 4.74 Å². The zero-order valence-electron chi connectivity index (χ0n) is 16.8. The lowest BCUT2D eigenvalue weighted by atomic mass is 9.94. The molecule has 0 aliphatic carbocycles. The minimum Gasteiger partial charge on any atom is -0.503 e. The van der Waals surface area contributed by atoms with Crippen molar-refractivity contribution in [3.05, 3.63) is 102 Å². The SMILES string of the molecule is CCC(=O)C1=C(O)C(=O)N(c2cccc(F)c2)C1c1cccc(Oc2ccccc2)c1. The summed E-state index contributed by atoms with van der Waals surface area (Å²) in [5.74, 6) is -1.11. The van der Waals surface area contributed by atoms with E-state index >= 15 is 0 Å². The summed E-state index contributed by atoms with van der Waals surface area (Å²) in [5, 5.41) is 10.5. The van der Waals surface area contributed by atoms with E-state index in [1.54, 1.807) is 37.3 Å². The van der Waals surface area contributed by atoms with Gasteiger partial charge >= 0.3 is 0 Å². The van der Waals surface area contributed by atoms with E-state index in [-0.39, 0.29) is 23.5 Å². The number of hydrogen-bond acceptors (Lipinski definition) is 4. The van der Waals surface area contributed by atoms with Crippen LogP contribution in [0.1, 0.15) is 24.9 Å². The predicted octanol–water partition coefficient (Wildman–Crippen LogP) is 5.50. The second kappa shape index (κ2) is 8.44. The van der Waals surface area contributed by atoms with E-state index in [9.17, 15) is 19.1 Å². The van der Waals surface area contributed by atoms with Crippen LogP contribution in [-0.2, 0) is 9.59 Å². The zero-order chi connectivity index (χ0) is 22.0. The number of hydrogen-bond donors (Lipinski definition) is 1. The number of ether oxygens (including phenoxy) is 1. The fourth-order valence-corrected chi connectivity index (χ4v) is 3.66. The zero-order valence-corrected chi connectivity index (χ0v) is 16.8. The molecule has 1 unspecified atom stereocenters. The van der Waals surface area contributed by atoms with Crippen molar-refractivity contribution >= 4 is 17.4 Å². The Labute approximate surface area is 179 Å². The molecule has 0 fully saturated rings. The molecule has 1 amide bonds. The molecule has 0 aromatic heterocycles. The summed E-state index contributed by atoms with van der Waals surface area (Å²) >= 11 is 0. The monoisotopic (exact) mass is 417 g/mol. The van der Waals surface area contributed by atoms with Gasteiger partial charge in [-0.25, -0.2) is 4.39 Å². The van der Waals surface area contributed by atoms with Crippen molar-refractivity contribution in [3.8, 4) is 11.5 Å². The predicted molar refractivity (Wildman–Crippen MR) is 115 cm³/mol. The number of benzene rings is 3. The fourth-order valence-electron chi connectivity index (χ4n) is 3.66. The number of rotatable bonds is 6. The van der Waals surface area contributed by atoms with Gasteiger partial charge in [-0.2, -0.15) is 0 Å². The Morgan fingerprint density at radius 2 is 1.71 bits per heavy atom. The van der Waals surface area contributed by atoms with Gasteiger partial charge in [-0.1, -0.05) is 43.3 Å². The normalized spacial score (nSPS) is 16.0. The third kappa shape index (κ3) is 3.92. The molecule has 0 saturated heterocycles. The molecule has 1 aliphatic rings. The number of ketones is 1. The molecule has 0 bridgehead atoms. The molecule has 0 saturated carbocycles. The lowest BCUT2D eigenvalue weighted by Gasteiger charge is -2.27. The minimum absolute atomic E-state index is 0.00591. The van der Waals surface area contributed by atoms with Gasteiger partial charge in [-0.05, 0) is 48.0 Å². The molecule has 156 valence electrons. The summed E-state index contributed by atoms with van der Waals surface area (Å²) < 4.78 is 19.8. The largest absolute Gasteiger partial charge is 0.503 e. The van der Waals surface area contributed by atoms with E-state index in [1.165, 1.54) is 23.1 Å². The number of carbonyl (C=O) groups excluding carboxylic acids is 2. The molecule has 6 heteroatoms. The lowest BCUT2D eigenvalue weighted by molar-refractivity contribution is -0.118. The second-order valence-corrected chi connectivity index (χ2v) is 7.08. The van der Waals surface area contributed by atoms with Crippen LogP contribution in [0.5, 0.6) is 11.5 Å². The molecule has 3 aromatic carbocycles. The summed E-state index contributed by atoms with van der Waals surface area (Å²) in [6.45, 7) is 1.66. The van der Waals surface area contributed by atoms with Crippen LogP contribution in [0, 0.1) is 5.82 Å². The van der Waals surface area contributed by atoms with Crippen molar-refractivity contribution in [2.45, 2.75) is 19.4 Å². The van der Waals surface area contributed by atoms with Gasteiger partial charge in [-0.15, -0.1) is 0 Å². The molecule has 5 nitrogen and oxygen atoms in total. The highest BCUT2D eigenvalue weighted by molar-refractivity contribution is 6.16. The molecule has 0 radical (unpaired) electrons. The quantitative estimate of drug-likeness (QED) is 0.575. The average molecular weight is 417 g/mol. The second-order valence-electron chi connectivity index (χ2n) is 7.08. The number of aliphatic hydroxyl groups excluding tert-OH is 1. The Bertz CT molecular complexity index is 1170. The number of para-hydroxylation sites is 1. The van der Waals surface area contributed by atoms with Crippen molar-refractivity contribution < 1.29 is 23.8 Å². The van der Waals surface area contributed by atoms with Gasteiger partial charge in [0.1, 0.15) is 17.3 Å². The van der Waals surface area contributed by atoms with E-state index < -0.39 is 23.5 Å². The maximum Gasteiger partial charge on any atom is 0.294 e. The average Bonchev–Trinajstić information content (AvgIpc) is 3.05. The number of Topliss-reactive ketones (excluding diaryl/α,β-unsaturated/α-hetero) is 1. The maximum absolute atomic E-state index is 13.9. The molecular weight excluding hydrogens is 397 g/mol. The lowest BCUT2D eigenvalue weighted by Crippen LogP contribution is -2.31. The third-order valence-electron chi connectivity index (χ3n) is 5.07. The van der Waals surface area contributed by atoms with Crippen LogP contribution >= 0.6 is 0 Å². The number of aliphatic hydroxyl groups is 1. The molecule has 0 spiro atoms. The molecule has 31 heavy (non-hydrogen) atoms. The maximum atomic E-state index is 13.9. The summed E-state index contributed by atoms with van der Waals surface area (Å²) in [4.78, 5) is 26.8. The molecule has 3 aromatic rings. The first-order chi connectivity index (χ1) is 15.0. The Morgan fingerprint density at radius 1 is 1.00 bits per heavy atom. The summed E-state index contributed by atoms with van der Waals surface area (Å²) in [6.07, 6.45) is 0.111. The molecule has 1 aliphatic heterocycles. The van der Waals surface area contributed by atoms with Crippen LogP contribution in [0.4, 0.5) is 10.1 Å². The highest BCUT2D eigenvalue weighted by Crippen LogP contribution is 2.42. The van der Waals surface area contributed by atoms with Crippen LogP contribution < -0.4 is 9.64 Å². The number of carbonyl (C=O) groups is 2. The first-order valence-electron chi connectivity index (χ1n) is 9.88. The molecular formula is C25H20FNO4. The van der Waals surface area contributed by atoms with E-state index in [0.717, 1.165) is 0 Å². The number of anilines is 1. The van der Waals surface area contributed by atoms with Crippen molar-refractivity contribution in [1.82, 2.24) is 0 Å². The molecule has 1 atom stereocenters. The van der Waals surface area contributed by atoms with Crippen LogP contribution in [0.15, 0.2) is 90.2 Å². The molecule has 1 N–H and O–H groups in total. The van der Waals surface area contributed by atoms with Crippen LogP contribution in [0.25, 0.3) is 0 Å². The van der Waals surface area contributed by atoms with Crippen molar-refractivity contribution in [2.24, 2.45) is 0 Å². The van der Waals surface area contributed by atoms with Gasteiger partial charge < -0.3 is 9.84 Å². The summed E-state index contributed by atoms with van der Waals surface area (Å²) in [7, 11) is 0. The minimum atomic E-state index is -0.902. The highest BCUT2D eigenvalue weighted by atomic mass is 19.1. The topological polar surface area (TPSA) is 66.8 Å².